The number of benzene rings is 2. The van der Waals surface area contributed by atoms with Crippen LogP contribution >= 0.6 is 0 Å². The van der Waals surface area contributed by atoms with Crippen LogP contribution in [-0.2, 0) is 0 Å². The van der Waals surface area contributed by atoms with Gasteiger partial charge < -0.3 is 20.3 Å². The van der Waals surface area contributed by atoms with Crippen LogP contribution in [0.1, 0.15) is 5.56 Å². The van der Waals surface area contributed by atoms with Gasteiger partial charge in [-0.05, 0) is 30.7 Å². The number of fused-ring (bicyclic) bond motifs is 3. The minimum atomic E-state index is -0.180. The van der Waals surface area contributed by atoms with E-state index in [1.54, 1.807) is 6.07 Å². The quantitative estimate of drug-likeness (QED) is 0.448. The third-order valence-electron chi connectivity index (χ3n) is 2.93. The maximum atomic E-state index is 9.84. The first-order valence-electron chi connectivity index (χ1n) is 5.23. The monoisotopic (exact) mass is 229 g/mol. The van der Waals surface area contributed by atoms with Gasteiger partial charge in [0.25, 0.3) is 0 Å². The number of phenolic OH excluding ortho intramolecular Hbond substituents is 3. The molecule has 0 unspecified atom stereocenters. The number of H-pyrrole nitrogens is 1. The molecule has 1 aromatic heterocycles. The summed E-state index contributed by atoms with van der Waals surface area (Å²) in [4.78, 5) is 3.02. The fourth-order valence-electron chi connectivity index (χ4n) is 2.15. The van der Waals surface area contributed by atoms with Crippen LogP contribution in [-0.4, -0.2) is 20.3 Å². The van der Waals surface area contributed by atoms with Crippen LogP contribution in [0.2, 0.25) is 0 Å². The summed E-state index contributed by atoms with van der Waals surface area (Å²) in [6.45, 7) is 1.89. The Kier molecular flexibility index (Phi) is 1.78. The van der Waals surface area contributed by atoms with E-state index in [1.807, 2.05) is 13.0 Å². The van der Waals surface area contributed by atoms with E-state index in [9.17, 15) is 15.3 Å². The van der Waals surface area contributed by atoms with Crippen LogP contribution in [0.3, 0.4) is 0 Å². The van der Waals surface area contributed by atoms with Gasteiger partial charge in [-0.2, -0.15) is 0 Å². The van der Waals surface area contributed by atoms with Crippen LogP contribution in [0.15, 0.2) is 24.3 Å². The molecule has 2 aromatic carbocycles. The molecule has 4 nitrogen and oxygen atoms in total. The van der Waals surface area contributed by atoms with Gasteiger partial charge in [0.1, 0.15) is 5.75 Å². The standard InChI is InChI=1S/C13H11NO3/c1-6-2-8-7-4-10(15)11(16)5-9(7)14-13(8)12(17)3-6/h2-5,14-17H,1H3. The average molecular weight is 229 g/mol. The van der Waals surface area contributed by atoms with Gasteiger partial charge in [0.2, 0.25) is 0 Å². The van der Waals surface area contributed by atoms with Crippen LogP contribution in [0.4, 0.5) is 0 Å². The summed E-state index contributed by atoms with van der Waals surface area (Å²) in [7, 11) is 0. The Morgan fingerprint density at radius 3 is 2.29 bits per heavy atom. The molecule has 17 heavy (non-hydrogen) atoms. The molecule has 0 aliphatic carbocycles. The number of nitrogens with one attached hydrogen (secondary N) is 1. The van der Waals surface area contributed by atoms with Crippen molar-refractivity contribution >= 4 is 21.8 Å². The third-order valence-corrected chi connectivity index (χ3v) is 2.93. The molecule has 0 spiro atoms. The van der Waals surface area contributed by atoms with Crippen molar-refractivity contribution in [3.8, 4) is 17.2 Å². The molecular weight excluding hydrogens is 218 g/mol. The van der Waals surface area contributed by atoms with E-state index in [0.717, 1.165) is 16.3 Å². The summed E-state index contributed by atoms with van der Waals surface area (Å²) in [5, 5.41) is 30.4. The largest absolute Gasteiger partial charge is 0.506 e. The van der Waals surface area contributed by atoms with Gasteiger partial charge in [-0.15, -0.1) is 0 Å². The van der Waals surface area contributed by atoms with Gasteiger partial charge in [-0.3, -0.25) is 0 Å². The summed E-state index contributed by atoms with van der Waals surface area (Å²) in [5.74, 6) is -0.185. The predicted molar refractivity (Wildman–Crippen MR) is 65.5 cm³/mol. The zero-order valence-corrected chi connectivity index (χ0v) is 9.15. The van der Waals surface area contributed by atoms with Gasteiger partial charge in [-0.25, -0.2) is 0 Å². The highest BCUT2D eigenvalue weighted by molar-refractivity contribution is 6.10. The molecule has 86 valence electrons. The van der Waals surface area contributed by atoms with Crippen molar-refractivity contribution < 1.29 is 15.3 Å². The summed E-state index contributed by atoms with van der Waals surface area (Å²) in [6.07, 6.45) is 0. The highest BCUT2D eigenvalue weighted by Gasteiger charge is 2.11. The SMILES string of the molecule is Cc1cc(O)c2[nH]c3cc(O)c(O)cc3c2c1. The number of aromatic amines is 1. The average Bonchev–Trinajstić information content (AvgIpc) is 2.58. The predicted octanol–water partition coefficient (Wildman–Crippen LogP) is 2.75. The first kappa shape index (κ1) is 9.84. The number of hydrogen-bond acceptors (Lipinski definition) is 3. The van der Waals surface area contributed by atoms with E-state index in [0.29, 0.717) is 11.0 Å². The Labute approximate surface area is 96.8 Å². The second kappa shape index (κ2) is 3.07. The van der Waals surface area contributed by atoms with Crippen LogP contribution < -0.4 is 0 Å². The van der Waals surface area contributed by atoms with Crippen molar-refractivity contribution in [2.45, 2.75) is 6.92 Å². The minimum absolute atomic E-state index is 0.162. The van der Waals surface area contributed by atoms with Crippen LogP contribution in [0.5, 0.6) is 17.2 Å². The molecular formula is C13H11NO3. The molecule has 1 heterocycles. The lowest BCUT2D eigenvalue weighted by atomic mass is 10.1. The zero-order chi connectivity index (χ0) is 12.2. The van der Waals surface area contributed by atoms with Crippen LogP contribution in [0.25, 0.3) is 21.8 Å². The maximum absolute atomic E-state index is 9.84. The van der Waals surface area contributed by atoms with Crippen molar-refractivity contribution in [1.29, 1.82) is 0 Å². The fourth-order valence-corrected chi connectivity index (χ4v) is 2.15. The first-order valence-corrected chi connectivity index (χ1v) is 5.23. The highest BCUT2D eigenvalue weighted by atomic mass is 16.3. The van der Waals surface area contributed by atoms with E-state index in [1.165, 1.54) is 12.1 Å². The molecule has 0 atom stereocenters. The van der Waals surface area contributed by atoms with Gasteiger partial charge in [-0.1, -0.05) is 0 Å². The van der Waals surface area contributed by atoms with Crippen molar-refractivity contribution in [3.05, 3.63) is 29.8 Å². The van der Waals surface area contributed by atoms with Gasteiger partial charge in [0.15, 0.2) is 11.5 Å². The summed E-state index contributed by atoms with van der Waals surface area (Å²) < 4.78 is 0. The molecule has 0 aliphatic rings. The van der Waals surface area contributed by atoms with Crippen molar-refractivity contribution in [2.24, 2.45) is 0 Å². The molecule has 3 rings (SSSR count). The van der Waals surface area contributed by atoms with Crippen molar-refractivity contribution in [3.63, 3.8) is 0 Å². The Hall–Kier alpha value is -2.36. The lowest BCUT2D eigenvalue weighted by Crippen LogP contribution is -1.74. The number of rotatable bonds is 0. The third kappa shape index (κ3) is 1.30. The second-order valence-electron chi connectivity index (χ2n) is 4.22. The lowest BCUT2D eigenvalue weighted by molar-refractivity contribution is 0.405. The Bertz CT molecular complexity index is 743. The summed E-state index contributed by atoms with van der Waals surface area (Å²) >= 11 is 0. The van der Waals surface area contributed by atoms with E-state index in [-0.39, 0.29) is 17.2 Å². The number of aromatic hydroxyl groups is 3. The van der Waals surface area contributed by atoms with E-state index in [4.69, 9.17) is 0 Å². The van der Waals surface area contributed by atoms with Crippen molar-refractivity contribution in [2.75, 3.05) is 0 Å². The molecule has 0 bridgehead atoms. The van der Waals surface area contributed by atoms with E-state index < -0.39 is 0 Å². The number of hydrogen-bond donors (Lipinski definition) is 4. The Morgan fingerprint density at radius 2 is 1.53 bits per heavy atom. The zero-order valence-electron chi connectivity index (χ0n) is 9.15. The topological polar surface area (TPSA) is 76.5 Å². The smallest absolute Gasteiger partial charge is 0.159 e. The van der Waals surface area contributed by atoms with Gasteiger partial charge in [0, 0.05) is 16.8 Å². The summed E-state index contributed by atoms with van der Waals surface area (Å²) in [6, 6.07) is 6.52. The first-order chi connectivity index (χ1) is 8.06. The Morgan fingerprint density at radius 1 is 0.824 bits per heavy atom. The maximum Gasteiger partial charge on any atom is 0.159 e. The molecule has 0 amide bonds. The fraction of sp³-hybridized carbons (Fsp3) is 0.0769. The Balaban J connectivity index is 2.55. The van der Waals surface area contributed by atoms with Gasteiger partial charge in [0.05, 0.1) is 11.0 Å². The number of aryl methyl sites for hydroxylation is 1. The normalized spacial score (nSPS) is 11.4. The molecule has 3 aromatic rings. The van der Waals surface area contributed by atoms with E-state index >= 15 is 0 Å². The highest BCUT2D eigenvalue weighted by Crippen LogP contribution is 2.37. The van der Waals surface area contributed by atoms with Crippen LogP contribution in [0, 0.1) is 6.92 Å². The molecule has 0 radical (unpaired) electrons. The summed E-state index contributed by atoms with van der Waals surface area (Å²) in [5.41, 5.74) is 2.22. The number of phenols is 3. The molecule has 4 heteroatoms. The second-order valence-corrected chi connectivity index (χ2v) is 4.22. The molecule has 0 saturated carbocycles. The van der Waals surface area contributed by atoms with Gasteiger partial charge >= 0.3 is 0 Å². The van der Waals surface area contributed by atoms with Crippen molar-refractivity contribution in [1.82, 2.24) is 4.98 Å². The minimum Gasteiger partial charge on any atom is -0.506 e. The van der Waals surface area contributed by atoms with E-state index in [2.05, 4.69) is 4.98 Å². The molecule has 0 aliphatic heterocycles. The molecule has 4 N–H and O–H groups in total. The lowest BCUT2D eigenvalue weighted by Gasteiger charge is -1.98. The number of aromatic nitrogens is 1. The molecule has 0 fully saturated rings. The molecule has 0 saturated heterocycles.